The lowest BCUT2D eigenvalue weighted by Crippen LogP contribution is -2.50. The summed E-state index contributed by atoms with van der Waals surface area (Å²) < 4.78 is 0. The highest BCUT2D eigenvalue weighted by Gasteiger charge is 2.29. The van der Waals surface area contributed by atoms with Crippen molar-refractivity contribution in [3.63, 3.8) is 0 Å². The first-order chi connectivity index (χ1) is 24.3. The van der Waals surface area contributed by atoms with Crippen molar-refractivity contribution in [3.05, 3.63) is 60.7 Å². The van der Waals surface area contributed by atoms with Gasteiger partial charge in [-0.3, -0.25) is 30.1 Å². The summed E-state index contributed by atoms with van der Waals surface area (Å²) in [6, 6.07) is 17.2. The van der Waals surface area contributed by atoms with Crippen molar-refractivity contribution < 1.29 is 19.2 Å². The van der Waals surface area contributed by atoms with Crippen molar-refractivity contribution in [1.29, 1.82) is 0 Å². The number of urea groups is 1. The number of para-hydroxylation sites is 2. The summed E-state index contributed by atoms with van der Waals surface area (Å²) in [5, 5.41) is 8.79. The van der Waals surface area contributed by atoms with E-state index in [4.69, 9.17) is 11.5 Å². The predicted molar refractivity (Wildman–Crippen MR) is 202 cm³/mol. The fourth-order valence-electron chi connectivity index (χ4n) is 5.57. The van der Waals surface area contributed by atoms with E-state index in [9.17, 15) is 19.2 Å². The lowest BCUT2D eigenvalue weighted by molar-refractivity contribution is -0.132. The number of unbranched alkanes of at least 4 members (excludes halogenated alkanes) is 5. The third-order valence-electron chi connectivity index (χ3n) is 8.60. The minimum Gasteiger partial charge on any atom is -0.344 e. The average Bonchev–Trinajstić information content (AvgIpc) is 3.12. The summed E-state index contributed by atoms with van der Waals surface area (Å²) in [6.45, 7) is 6.13. The van der Waals surface area contributed by atoms with Crippen LogP contribution >= 0.6 is 0 Å². The Kier molecular flexibility index (Phi) is 22.0. The van der Waals surface area contributed by atoms with Crippen LogP contribution in [0.5, 0.6) is 0 Å². The largest absolute Gasteiger partial charge is 0.344 e. The van der Waals surface area contributed by atoms with Gasteiger partial charge in [0.25, 0.3) is 0 Å². The Morgan fingerprint density at radius 2 is 1.16 bits per heavy atom. The fraction of sp³-hybridized carbons (Fsp3) is 0.579. The molecule has 3 unspecified atom stereocenters. The topological polar surface area (TPSA) is 184 Å². The molecule has 2 aromatic rings. The van der Waals surface area contributed by atoms with Gasteiger partial charge in [0, 0.05) is 31.0 Å². The van der Waals surface area contributed by atoms with Crippen LogP contribution in [0.2, 0.25) is 0 Å². The van der Waals surface area contributed by atoms with Crippen molar-refractivity contribution in [2.75, 3.05) is 43.4 Å². The van der Waals surface area contributed by atoms with E-state index in [2.05, 4.69) is 40.6 Å². The molecule has 9 N–H and O–H groups in total. The zero-order chi connectivity index (χ0) is 36.4. The standard InChI is InChI=1S/C38H62N8O4/c1-3-5-18-30(35(47)45-34(24-14-16-26-40)36(48)43-32-20-10-7-11-21-32)28-41-42-29-31(19-6-4-2)37(49)46(27-17-9-15-25-39)38(50)44-33-22-12-8-13-23-33/h7-8,10-13,20-23,30-31,34,41-42H,3-6,9,14-19,24-29,39-40H2,1-2H3,(H,43,48)(H,44,50)(H,45,47). The number of benzene rings is 2. The van der Waals surface area contributed by atoms with Gasteiger partial charge >= 0.3 is 6.03 Å². The Labute approximate surface area is 299 Å². The van der Waals surface area contributed by atoms with Crippen LogP contribution in [0.3, 0.4) is 0 Å². The van der Waals surface area contributed by atoms with E-state index >= 15 is 0 Å². The van der Waals surface area contributed by atoms with Gasteiger partial charge in [-0.15, -0.1) is 0 Å². The lowest BCUT2D eigenvalue weighted by Gasteiger charge is -2.27. The molecule has 5 amide bonds. The molecule has 12 nitrogen and oxygen atoms in total. The van der Waals surface area contributed by atoms with Gasteiger partial charge in [-0.05, 0) is 82.3 Å². The number of rotatable bonds is 26. The van der Waals surface area contributed by atoms with E-state index in [0.717, 1.165) is 44.9 Å². The van der Waals surface area contributed by atoms with Crippen molar-refractivity contribution in [2.45, 2.75) is 96.9 Å². The Morgan fingerprint density at radius 3 is 1.74 bits per heavy atom. The van der Waals surface area contributed by atoms with Crippen LogP contribution in [0.1, 0.15) is 90.9 Å². The summed E-state index contributed by atoms with van der Waals surface area (Å²) in [6.07, 6.45) is 9.03. The Morgan fingerprint density at radius 1 is 0.620 bits per heavy atom. The number of carbonyl (C=O) groups excluding carboxylic acids is 4. The summed E-state index contributed by atoms with van der Waals surface area (Å²) in [4.78, 5) is 55.4. The maximum absolute atomic E-state index is 13.9. The van der Waals surface area contributed by atoms with Crippen LogP contribution in [0.4, 0.5) is 16.2 Å². The fourth-order valence-corrected chi connectivity index (χ4v) is 5.57. The van der Waals surface area contributed by atoms with Crippen LogP contribution in [0, 0.1) is 11.8 Å². The number of carbonyl (C=O) groups is 4. The van der Waals surface area contributed by atoms with E-state index in [1.807, 2.05) is 48.5 Å². The highest BCUT2D eigenvalue weighted by molar-refractivity contribution is 6.02. The van der Waals surface area contributed by atoms with Gasteiger partial charge in [-0.1, -0.05) is 82.3 Å². The van der Waals surface area contributed by atoms with E-state index < -0.39 is 23.9 Å². The minimum absolute atomic E-state index is 0.200. The molecular weight excluding hydrogens is 632 g/mol. The SMILES string of the molecule is CCCCC(CNNCC(CCCC)C(=O)N(CCCCCN)C(=O)Nc1ccccc1)C(=O)NC(CCCCN)C(=O)Nc1ccccc1. The minimum atomic E-state index is -0.694. The summed E-state index contributed by atoms with van der Waals surface area (Å²) >= 11 is 0. The molecule has 0 fully saturated rings. The third kappa shape index (κ3) is 16.7. The molecule has 0 heterocycles. The van der Waals surface area contributed by atoms with Gasteiger partial charge in [-0.25, -0.2) is 4.79 Å². The summed E-state index contributed by atoms with van der Waals surface area (Å²) in [5.74, 6) is -1.55. The number of nitrogens with zero attached hydrogens (tertiary/aromatic N) is 1. The lowest BCUT2D eigenvalue weighted by atomic mass is 9.99. The molecule has 50 heavy (non-hydrogen) atoms. The molecule has 2 rings (SSSR count). The van der Waals surface area contributed by atoms with E-state index in [-0.39, 0.29) is 17.7 Å². The molecular formula is C38H62N8O4. The number of amides is 5. The number of nitrogens with one attached hydrogen (secondary N) is 5. The highest BCUT2D eigenvalue weighted by atomic mass is 16.2. The maximum atomic E-state index is 13.9. The van der Waals surface area contributed by atoms with Gasteiger partial charge in [0.15, 0.2) is 0 Å². The summed E-state index contributed by atoms with van der Waals surface area (Å²) in [7, 11) is 0. The van der Waals surface area contributed by atoms with E-state index in [1.54, 1.807) is 12.1 Å². The number of imide groups is 1. The first-order valence-electron chi connectivity index (χ1n) is 18.5. The third-order valence-corrected chi connectivity index (χ3v) is 8.60. The molecule has 0 spiro atoms. The Bertz CT molecular complexity index is 1230. The molecule has 2 aromatic carbocycles. The van der Waals surface area contributed by atoms with Crippen LogP contribution in [0.25, 0.3) is 0 Å². The van der Waals surface area contributed by atoms with Crippen molar-refractivity contribution in [1.82, 2.24) is 21.1 Å². The Hall–Kier alpha value is -3.84. The molecule has 0 radical (unpaired) electrons. The average molecular weight is 695 g/mol. The molecule has 3 atom stereocenters. The van der Waals surface area contributed by atoms with Gasteiger partial charge in [0.1, 0.15) is 6.04 Å². The van der Waals surface area contributed by atoms with Crippen molar-refractivity contribution in [3.8, 4) is 0 Å². The molecule has 0 aromatic heterocycles. The van der Waals surface area contributed by atoms with Gasteiger partial charge in [0.05, 0.1) is 11.8 Å². The van der Waals surface area contributed by atoms with E-state index in [0.29, 0.717) is 76.2 Å². The quantitative estimate of drug-likeness (QED) is 0.0522. The monoisotopic (exact) mass is 694 g/mol. The molecule has 12 heteroatoms. The second kappa shape index (κ2) is 26.0. The number of hydrogen-bond donors (Lipinski definition) is 7. The van der Waals surface area contributed by atoms with Gasteiger partial charge in [-0.2, -0.15) is 0 Å². The zero-order valence-corrected chi connectivity index (χ0v) is 30.3. The summed E-state index contributed by atoms with van der Waals surface area (Å²) in [5.41, 5.74) is 19.0. The molecule has 0 saturated heterocycles. The predicted octanol–water partition coefficient (Wildman–Crippen LogP) is 5.14. The van der Waals surface area contributed by atoms with E-state index in [1.165, 1.54) is 4.90 Å². The molecule has 0 saturated carbocycles. The molecule has 0 aliphatic carbocycles. The van der Waals surface area contributed by atoms with Gasteiger partial charge < -0.3 is 27.4 Å². The normalized spacial score (nSPS) is 12.8. The second-order valence-electron chi connectivity index (χ2n) is 12.8. The molecule has 0 bridgehead atoms. The number of nitrogens with two attached hydrogens (primary N) is 2. The van der Waals surface area contributed by atoms with Gasteiger partial charge in [0.2, 0.25) is 17.7 Å². The van der Waals surface area contributed by atoms with Crippen LogP contribution < -0.4 is 38.3 Å². The first-order valence-corrected chi connectivity index (χ1v) is 18.5. The zero-order valence-electron chi connectivity index (χ0n) is 30.3. The smallest absolute Gasteiger partial charge is 0.328 e. The maximum Gasteiger partial charge on any atom is 0.328 e. The number of hydrogen-bond acceptors (Lipinski definition) is 8. The number of hydrazine groups is 1. The number of anilines is 2. The van der Waals surface area contributed by atoms with Crippen molar-refractivity contribution in [2.24, 2.45) is 23.3 Å². The first kappa shape index (κ1) is 42.3. The molecule has 278 valence electrons. The Balaban J connectivity index is 2.08. The molecule has 0 aliphatic heterocycles. The van der Waals surface area contributed by atoms with Crippen LogP contribution in [-0.2, 0) is 14.4 Å². The highest BCUT2D eigenvalue weighted by Crippen LogP contribution is 2.16. The van der Waals surface area contributed by atoms with Crippen LogP contribution in [-0.4, -0.2) is 67.4 Å². The van der Waals surface area contributed by atoms with Crippen LogP contribution in [0.15, 0.2) is 60.7 Å². The van der Waals surface area contributed by atoms with Crippen molar-refractivity contribution >= 4 is 35.1 Å². The second-order valence-corrected chi connectivity index (χ2v) is 12.8. The molecule has 0 aliphatic rings.